The van der Waals surface area contributed by atoms with Crippen LogP contribution in [0.4, 0.5) is 11.5 Å². The Morgan fingerprint density at radius 1 is 1.33 bits per heavy atom. The van der Waals surface area contributed by atoms with Crippen LogP contribution in [0.15, 0.2) is 12.1 Å². The van der Waals surface area contributed by atoms with Crippen molar-refractivity contribution in [2.75, 3.05) is 30.3 Å². The van der Waals surface area contributed by atoms with E-state index in [1.54, 1.807) is 0 Å². The second kappa shape index (κ2) is 7.09. The molecule has 4 nitrogen and oxygen atoms in total. The third kappa shape index (κ3) is 4.09. The number of pyridine rings is 1. The molecule has 0 atom stereocenters. The fourth-order valence-corrected chi connectivity index (χ4v) is 1.76. The summed E-state index contributed by atoms with van der Waals surface area (Å²) in [5.41, 5.74) is 6.47. The molecule has 4 heteroatoms. The first-order chi connectivity index (χ1) is 8.58. The molecule has 18 heavy (non-hydrogen) atoms. The van der Waals surface area contributed by atoms with Crippen LogP contribution < -0.4 is 15.4 Å². The second-order valence-electron chi connectivity index (χ2n) is 4.84. The maximum absolute atomic E-state index is 5.87. The summed E-state index contributed by atoms with van der Waals surface area (Å²) in [7, 11) is 0. The standard InChI is InChI=1S/C14H25N3O/c1-5-9-18-14-12(15)7-8-13(16-14)17(6-2)10-11(3)4/h7-8,11H,5-6,9-10,15H2,1-4H3. The summed E-state index contributed by atoms with van der Waals surface area (Å²) in [6.07, 6.45) is 0.953. The lowest BCUT2D eigenvalue weighted by Crippen LogP contribution is -2.28. The Labute approximate surface area is 110 Å². The highest BCUT2D eigenvalue weighted by Crippen LogP contribution is 2.23. The molecule has 0 spiro atoms. The zero-order chi connectivity index (χ0) is 13.5. The Balaban J connectivity index is 2.87. The Hall–Kier alpha value is -1.45. The summed E-state index contributed by atoms with van der Waals surface area (Å²) in [6, 6.07) is 3.83. The number of nitrogens with two attached hydrogens (primary N) is 1. The van der Waals surface area contributed by atoms with Crippen LogP contribution in [0.25, 0.3) is 0 Å². The molecule has 0 saturated heterocycles. The van der Waals surface area contributed by atoms with E-state index in [0.717, 1.165) is 25.3 Å². The van der Waals surface area contributed by atoms with E-state index in [1.165, 1.54) is 0 Å². The van der Waals surface area contributed by atoms with Crippen molar-refractivity contribution in [1.82, 2.24) is 4.98 Å². The molecule has 102 valence electrons. The molecule has 0 saturated carbocycles. The fourth-order valence-electron chi connectivity index (χ4n) is 1.76. The van der Waals surface area contributed by atoms with Gasteiger partial charge in [-0.2, -0.15) is 4.98 Å². The van der Waals surface area contributed by atoms with Gasteiger partial charge in [0.2, 0.25) is 5.88 Å². The predicted octanol–water partition coefficient (Wildman–Crippen LogP) is 2.93. The smallest absolute Gasteiger partial charge is 0.239 e. The van der Waals surface area contributed by atoms with Crippen molar-refractivity contribution in [1.29, 1.82) is 0 Å². The minimum atomic E-state index is 0.552. The molecule has 0 unspecified atom stereocenters. The van der Waals surface area contributed by atoms with E-state index in [-0.39, 0.29) is 0 Å². The maximum atomic E-state index is 5.87. The maximum Gasteiger partial charge on any atom is 0.239 e. The largest absolute Gasteiger partial charge is 0.476 e. The average molecular weight is 251 g/mol. The van der Waals surface area contributed by atoms with Crippen molar-refractivity contribution in [3.8, 4) is 5.88 Å². The summed E-state index contributed by atoms with van der Waals surface area (Å²) >= 11 is 0. The third-order valence-corrected chi connectivity index (χ3v) is 2.61. The molecule has 0 aliphatic rings. The number of hydrogen-bond acceptors (Lipinski definition) is 4. The number of nitrogens with zero attached hydrogens (tertiary/aromatic N) is 2. The first-order valence-electron chi connectivity index (χ1n) is 6.72. The number of rotatable bonds is 7. The van der Waals surface area contributed by atoms with Crippen LogP contribution in [-0.4, -0.2) is 24.7 Å². The van der Waals surface area contributed by atoms with E-state index < -0.39 is 0 Å². The molecule has 0 fully saturated rings. The summed E-state index contributed by atoms with van der Waals surface area (Å²) < 4.78 is 5.56. The van der Waals surface area contributed by atoms with Crippen LogP contribution in [0.2, 0.25) is 0 Å². The molecule has 1 rings (SSSR count). The van der Waals surface area contributed by atoms with Gasteiger partial charge in [0.25, 0.3) is 0 Å². The van der Waals surface area contributed by atoms with Crippen molar-refractivity contribution in [3.63, 3.8) is 0 Å². The van der Waals surface area contributed by atoms with Crippen LogP contribution >= 0.6 is 0 Å². The van der Waals surface area contributed by atoms with Crippen LogP contribution in [-0.2, 0) is 0 Å². The number of nitrogen functional groups attached to an aromatic ring is 1. The van der Waals surface area contributed by atoms with Gasteiger partial charge in [0, 0.05) is 13.1 Å². The van der Waals surface area contributed by atoms with E-state index >= 15 is 0 Å². The van der Waals surface area contributed by atoms with Crippen LogP contribution in [0.5, 0.6) is 5.88 Å². The second-order valence-corrected chi connectivity index (χ2v) is 4.84. The van der Waals surface area contributed by atoms with Crippen molar-refractivity contribution in [2.24, 2.45) is 5.92 Å². The van der Waals surface area contributed by atoms with E-state index in [2.05, 4.69) is 37.6 Å². The van der Waals surface area contributed by atoms with Crippen molar-refractivity contribution in [3.05, 3.63) is 12.1 Å². The summed E-state index contributed by atoms with van der Waals surface area (Å²) in [6.45, 7) is 11.2. The van der Waals surface area contributed by atoms with E-state index in [9.17, 15) is 0 Å². The van der Waals surface area contributed by atoms with Gasteiger partial charge in [0.1, 0.15) is 5.82 Å². The average Bonchev–Trinajstić information content (AvgIpc) is 2.35. The molecule has 0 aliphatic carbocycles. The molecule has 0 radical (unpaired) electrons. The van der Waals surface area contributed by atoms with E-state index in [4.69, 9.17) is 10.5 Å². The number of aromatic nitrogens is 1. The Morgan fingerprint density at radius 2 is 2.06 bits per heavy atom. The zero-order valence-corrected chi connectivity index (χ0v) is 11.9. The van der Waals surface area contributed by atoms with Gasteiger partial charge in [0.15, 0.2) is 0 Å². The van der Waals surface area contributed by atoms with Gasteiger partial charge in [-0.25, -0.2) is 0 Å². The molecule has 2 N–H and O–H groups in total. The number of hydrogen-bond donors (Lipinski definition) is 1. The lowest BCUT2D eigenvalue weighted by molar-refractivity contribution is 0.307. The van der Waals surface area contributed by atoms with Gasteiger partial charge in [-0.1, -0.05) is 20.8 Å². The molecular formula is C14H25N3O. The van der Waals surface area contributed by atoms with Crippen molar-refractivity contribution >= 4 is 11.5 Å². The van der Waals surface area contributed by atoms with E-state index in [1.807, 2.05) is 12.1 Å². The Bertz CT molecular complexity index is 366. The topological polar surface area (TPSA) is 51.4 Å². The predicted molar refractivity (Wildman–Crippen MR) is 77.2 cm³/mol. The SMILES string of the molecule is CCCOc1nc(N(CC)CC(C)C)ccc1N. The molecule has 1 aromatic rings. The summed E-state index contributed by atoms with van der Waals surface area (Å²) in [4.78, 5) is 6.75. The highest BCUT2D eigenvalue weighted by atomic mass is 16.5. The molecule has 1 aromatic heterocycles. The quantitative estimate of drug-likeness (QED) is 0.809. The highest BCUT2D eigenvalue weighted by Gasteiger charge is 2.11. The van der Waals surface area contributed by atoms with Gasteiger partial charge in [-0.05, 0) is 31.4 Å². The lowest BCUT2D eigenvalue weighted by atomic mass is 10.2. The van der Waals surface area contributed by atoms with Crippen LogP contribution in [0.1, 0.15) is 34.1 Å². The Morgan fingerprint density at radius 3 is 2.61 bits per heavy atom. The molecule has 1 heterocycles. The van der Waals surface area contributed by atoms with E-state index in [0.29, 0.717) is 24.1 Å². The monoisotopic (exact) mass is 251 g/mol. The van der Waals surface area contributed by atoms with Gasteiger partial charge < -0.3 is 15.4 Å². The molecule has 0 amide bonds. The Kier molecular flexibility index (Phi) is 5.75. The molecule has 0 aliphatic heterocycles. The first kappa shape index (κ1) is 14.6. The highest BCUT2D eigenvalue weighted by molar-refractivity contribution is 5.54. The molecule has 0 aromatic carbocycles. The minimum absolute atomic E-state index is 0.552. The lowest BCUT2D eigenvalue weighted by Gasteiger charge is -2.24. The van der Waals surface area contributed by atoms with Crippen molar-refractivity contribution in [2.45, 2.75) is 34.1 Å². The van der Waals surface area contributed by atoms with Gasteiger partial charge >= 0.3 is 0 Å². The zero-order valence-electron chi connectivity index (χ0n) is 11.9. The number of anilines is 2. The summed E-state index contributed by atoms with van der Waals surface area (Å²) in [5.74, 6) is 2.09. The summed E-state index contributed by atoms with van der Waals surface area (Å²) in [5, 5.41) is 0. The normalized spacial score (nSPS) is 10.7. The molecule has 0 bridgehead atoms. The fraction of sp³-hybridized carbons (Fsp3) is 0.643. The minimum Gasteiger partial charge on any atom is -0.476 e. The van der Waals surface area contributed by atoms with Gasteiger partial charge in [-0.3, -0.25) is 0 Å². The van der Waals surface area contributed by atoms with Crippen LogP contribution in [0, 0.1) is 5.92 Å². The number of ether oxygens (including phenoxy) is 1. The van der Waals surface area contributed by atoms with Gasteiger partial charge in [-0.15, -0.1) is 0 Å². The van der Waals surface area contributed by atoms with Crippen molar-refractivity contribution < 1.29 is 4.74 Å². The van der Waals surface area contributed by atoms with Crippen LogP contribution in [0.3, 0.4) is 0 Å². The third-order valence-electron chi connectivity index (χ3n) is 2.61. The first-order valence-corrected chi connectivity index (χ1v) is 6.72. The van der Waals surface area contributed by atoms with Gasteiger partial charge in [0.05, 0.1) is 12.3 Å². The molecular weight excluding hydrogens is 226 g/mol.